The Labute approximate surface area is 220 Å². The van der Waals surface area contributed by atoms with Crippen molar-refractivity contribution in [2.45, 2.75) is 38.8 Å². The Hall–Kier alpha value is -4.08. The van der Waals surface area contributed by atoms with Crippen LogP contribution in [0.4, 0.5) is 22.1 Å². The highest BCUT2D eigenvalue weighted by atomic mass is 16.5. The van der Waals surface area contributed by atoms with Crippen molar-refractivity contribution in [2.75, 3.05) is 55.6 Å². The van der Waals surface area contributed by atoms with Crippen LogP contribution < -0.4 is 15.5 Å². The van der Waals surface area contributed by atoms with Gasteiger partial charge in [-0.15, -0.1) is 0 Å². The van der Waals surface area contributed by atoms with Gasteiger partial charge in [0.1, 0.15) is 30.0 Å². The number of nitrogens with zero attached hydrogens (tertiary/aromatic N) is 5. The van der Waals surface area contributed by atoms with Gasteiger partial charge in [0.05, 0.1) is 17.9 Å². The minimum absolute atomic E-state index is 0.0225. The molecule has 38 heavy (non-hydrogen) atoms. The third kappa shape index (κ3) is 6.24. The smallest absolute Gasteiger partial charge is 0.328 e. The van der Waals surface area contributed by atoms with E-state index in [-0.39, 0.29) is 36.6 Å². The number of methoxy groups -OCH3 is 1. The molecule has 1 saturated heterocycles. The van der Waals surface area contributed by atoms with Gasteiger partial charge in [-0.25, -0.2) is 14.8 Å². The van der Waals surface area contributed by atoms with E-state index in [0.29, 0.717) is 68.1 Å². The quantitative estimate of drug-likeness (QED) is 0.499. The Morgan fingerprint density at radius 2 is 2.18 bits per heavy atom. The van der Waals surface area contributed by atoms with E-state index in [4.69, 9.17) is 9.47 Å². The van der Waals surface area contributed by atoms with E-state index < -0.39 is 6.03 Å². The molecule has 4 rings (SSSR count). The summed E-state index contributed by atoms with van der Waals surface area (Å²) in [5.74, 6) is 0.548. The lowest BCUT2D eigenvalue weighted by Gasteiger charge is -2.30. The molecular weight excluding hydrogens is 490 g/mol. The molecule has 2 N–H and O–H groups in total. The van der Waals surface area contributed by atoms with Crippen LogP contribution in [-0.2, 0) is 27.2 Å². The van der Waals surface area contributed by atoms with Crippen molar-refractivity contribution in [1.29, 1.82) is 5.26 Å². The number of aldehydes is 1. The van der Waals surface area contributed by atoms with E-state index in [1.807, 2.05) is 13.0 Å². The Morgan fingerprint density at radius 3 is 2.95 bits per heavy atom. The zero-order valence-electron chi connectivity index (χ0n) is 21.5. The second-order valence-electron chi connectivity index (χ2n) is 9.27. The number of ether oxygens (including phenoxy) is 2. The number of hydrogen-bond donors (Lipinski definition) is 2. The number of pyridine rings is 2. The van der Waals surface area contributed by atoms with Gasteiger partial charge >= 0.3 is 6.03 Å². The van der Waals surface area contributed by atoms with Crippen molar-refractivity contribution in [3.8, 4) is 6.07 Å². The van der Waals surface area contributed by atoms with Crippen molar-refractivity contribution in [3.05, 3.63) is 40.7 Å². The number of nitrogens with one attached hydrogen (secondary N) is 2. The highest BCUT2D eigenvalue weighted by Gasteiger charge is 2.27. The molecule has 4 heterocycles. The summed E-state index contributed by atoms with van der Waals surface area (Å²) in [5, 5.41) is 15.4. The monoisotopic (exact) mass is 521 g/mol. The summed E-state index contributed by atoms with van der Waals surface area (Å²) in [6.07, 6.45) is 4.17. The summed E-state index contributed by atoms with van der Waals surface area (Å²) in [7, 11) is 1.59. The summed E-state index contributed by atoms with van der Waals surface area (Å²) >= 11 is 0. The third-order valence-electron chi connectivity index (χ3n) is 6.37. The number of nitriles is 1. The Bertz CT molecular complexity index is 1250. The lowest BCUT2D eigenvalue weighted by molar-refractivity contribution is -0.134. The molecule has 3 amide bonds. The predicted molar refractivity (Wildman–Crippen MR) is 139 cm³/mol. The molecule has 12 nitrogen and oxygen atoms in total. The predicted octanol–water partition coefficient (Wildman–Crippen LogP) is 2.34. The van der Waals surface area contributed by atoms with Gasteiger partial charge in [-0.3, -0.25) is 19.8 Å². The van der Waals surface area contributed by atoms with E-state index in [1.54, 1.807) is 18.1 Å². The van der Waals surface area contributed by atoms with Gasteiger partial charge in [0.25, 0.3) is 0 Å². The molecule has 2 aliphatic heterocycles. The first-order valence-corrected chi connectivity index (χ1v) is 12.5. The van der Waals surface area contributed by atoms with E-state index in [9.17, 15) is 19.6 Å². The molecule has 0 spiro atoms. The maximum Gasteiger partial charge on any atom is 0.328 e. The second-order valence-corrected chi connectivity index (χ2v) is 9.27. The summed E-state index contributed by atoms with van der Waals surface area (Å²) in [4.78, 5) is 49.5. The van der Waals surface area contributed by atoms with Crippen molar-refractivity contribution in [1.82, 2.24) is 14.9 Å². The SMILES string of the molecule is COC[C@@H](C)Nc1cc(NC(=O)N2CCCc3cc(CN4CCCOCC4=O)c(C=O)nc32)ncc1C#N. The zero-order chi connectivity index (χ0) is 27.1. The molecule has 2 aromatic rings. The van der Waals surface area contributed by atoms with Gasteiger partial charge in [0.15, 0.2) is 6.29 Å². The fourth-order valence-electron chi connectivity index (χ4n) is 4.56. The molecule has 0 aliphatic carbocycles. The van der Waals surface area contributed by atoms with Crippen LogP contribution in [0.25, 0.3) is 0 Å². The van der Waals surface area contributed by atoms with Crippen LogP contribution in [0, 0.1) is 11.3 Å². The first-order valence-electron chi connectivity index (χ1n) is 12.5. The highest BCUT2D eigenvalue weighted by Crippen LogP contribution is 2.29. The molecule has 0 radical (unpaired) electrons. The maximum atomic E-state index is 13.3. The van der Waals surface area contributed by atoms with Gasteiger partial charge in [0, 0.05) is 57.2 Å². The lowest BCUT2D eigenvalue weighted by Crippen LogP contribution is -2.40. The van der Waals surface area contributed by atoms with Crippen LogP contribution >= 0.6 is 0 Å². The van der Waals surface area contributed by atoms with E-state index in [0.717, 1.165) is 12.0 Å². The summed E-state index contributed by atoms with van der Waals surface area (Å²) in [5.41, 5.74) is 2.53. The third-order valence-corrected chi connectivity index (χ3v) is 6.37. The van der Waals surface area contributed by atoms with E-state index in [1.165, 1.54) is 11.1 Å². The maximum absolute atomic E-state index is 13.3. The number of hydrogen-bond acceptors (Lipinski definition) is 9. The molecule has 1 atom stereocenters. The van der Waals surface area contributed by atoms with Gasteiger partial charge in [-0.05, 0) is 37.8 Å². The lowest BCUT2D eigenvalue weighted by atomic mass is 10.0. The standard InChI is InChI=1S/C26H31N7O5/c1-17(15-37-2)29-21-10-23(28-12-20(21)11-27)31-26(36)33-7-3-5-18-9-19(22(14-34)30-25(18)33)13-32-6-4-8-38-16-24(32)35/h9-10,12,14,17H,3-8,13,15-16H2,1-2H3,(H2,28,29,31,36)/t17-/m1/s1. The summed E-state index contributed by atoms with van der Waals surface area (Å²) < 4.78 is 10.4. The van der Waals surface area contributed by atoms with Crippen LogP contribution in [0.2, 0.25) is 0 Å². The number of anilines is 3. The van der Waals surface area contributed by atoms with Crippen LogP contribution in [0.15, 0.2) is 18.3 Å². The second kappa shape index (κ2) is 12.4. The van der Waals surface area contributed by atoms with Gasteiger partial charge < -0.3 is 19.7 Å². The van der Waals surface area contributed by atoms with Crippen molar-refractivity contribution >= 4 is 35.5 Å². The molecule has 2 aromatic heterocycles. The number of fused-ring (bicyclic) bond motifs is 1. The fraction of sp³-hybridized carbons (Fsp3) is 0.462. The number of carbonyl (C=O) groups excluding carboxylic acids is 3. The molecule has 200 valence electrons. The molecule has 0 bridgehead atoms. The number of carbonyl (C=O) groups is 3. The Morgan fingerprint density at radius 1 is 1.34 bits per heavy atom. The van der Waals surface area contributed by atoms with Crippen LogP contribution in [0.1, 0.15) is 46.9 Å². The topological polar surface area (TPSA) is 150 Å². The number of aromatic nitrogens is 2. The van der Waals surface area contributed by atoms with Crippen LogP contribution in [0.3, 0.4) is 0 Å². The van der Waals surface area contributed by atoms with Crippen LogP contribution in [0.5, 0.6) is 0 Å². The molecular formula is C26H31N7O5. The Kier molecular flexibility index (Phi) is 8.83. The average molecular weight is 522 g/mol. The fourth-order valence-corrected chi connectivity index (χ4v) is 4.56. The normalized spacial score (nSPS) is 16.2. The Balaban J connectivity index is 1.55. The molecule has 2 aliphatic rings. The van der Waals surface area contributed by atoms with Crippen LogP contribution in [-0.4, -0.2) is 79.2 Å². The molecule has 0 saturated carbocycles. The number of amides is 3. The van der Waals surface area contributed by atoms with Gasteiger partial charge in [-0.1, -0.05) is 0 Å². The molecule has 12 heteroatoms. The minimum atomic E-state index is -0.448. The zero-order valence-corrected chi connectivity index (χ0v) is 21.5. The first kappa shape index (κ1) is 27.0. The minimum Gasteiger partial charge on any atom is -0.383 e. The number of urea groups is 1. The summed E-state index contributed by atoms with van der Waals surface area (Å²) in [6.45, 7) is 4.11. The van der Waals surface area contributed by atoms with E-state index >= 15 is 0 Å². The van der Waals surface area contributed by atoms with Crippen molar-refractivity contribution in [3.63, 3.8) is 0 Å². The van der Waals surface area contributed by atoms with Crippen molar-refractivity contribution in [2.24, 2.45) is 0 Å². The molecule has 1 fully saturated rings. The van der Waals surface area contributed by atoms with Crippen molar-refractivity contribution < 1.29 is 23.9 Å². The van der Waals surface area contributed by atoms with Gasteiger partial charge in [-0.2, -0.15) is 5.26 Å². The molecule has 0 aromatic carbocycles. The van der Waals surface area contributed by atoms with Gasteiger partial charge in [0.2, 0.25) is 5.91 Å². The average Bonchev–Trinajstić information content (AvgIpc) is 3.11. The highest BCUT2D eigenvalue weighted by molar-refractivity contribution is 6.02. The summed E-state index contributed by atoms with van der Waals surface area (Å²) in [6, 6.07) is 5.04. The molecule has 0 unspecified atom stereocenters. The first-order chi connectivity index (χ1) is 18.4. The number of aryl methyl sites for hydroxylation is 1. The van der Waals surface area contributed by atoms with E-state index in [2.05, 4.69) is 26.7 Å². The largest absolute Gasteiger partial charge is 0.383 e. The number of rotatable bonds is 8.